The van der Waals surface area contributed by atoms with Gasteiger partial charge in [0.05, 0.1) is 24.4 Å². The Bertz CT molecular complexity index is 1190. The molecule has 1 N–H and O–H groups in total. The van der Waals surface area contributed by atoms with Crippen LogP contribution in [-0.4, -0.2) is 38.7 Å². The fourth-order valence-electron chi connectivity index (χ4n) is 2.84. The average molecular weight is 488 g/mol. The molecular formula is C19H17ClF3N5O3S. The molecule has 13 heteroatoms. The number of nitrogens with zero attached hydrogens (tertiary/aromatic N) is 4. The van der Waals surface area contributed by atoms with Crippen molar-refractivity contribution in [2.45, 2.75) is 33.0 Å². The highest BCUT2D eigenvalue weighted by Gasteiger charge is 2.32. The summed E-state index contributed by atoms with van der Waals surface area (Å²) in [5.74, 6) is -0.676. The normalized spacial score (nSPS) is 12.5. The van der Waals surface area contributed by atoms with Crippen LogP contribution < -0.4 is 5.32 Å². The average Bonchev–Trinajstić information content (AvgIpc) is 3.28. The molecular weight excluding hydrogens is 471 g/mol. The van der Waals surface area contributed by atoms with Gasteiger partial charge in [-0.05, 0) is 39.0 Å². The predicted molar refractivity (Wildman–Crippen MR) is 110 cm³/mol. The minimum Gasteiger partial charge on any atom is -0.465 e. The minimum absolute atomic E-state index is 0.217. The van der Waals surface area contributed by atoms with Crippen LogP contribution in [0.25, 0.3) is 5.13 Å². The molecule has 0 aliphatic carbocycles. The topological polar surface area (TPSA) is 99.0 Å². The van der Waals surface area contributed by atoms with Crippen LogP contribution in [0.2, 0.25) is 5.02 Å². The van der Waals surface area contributed by atoms with E-state index in [2.05, 4.69) is 20.4 Å². The van der Waals surface area contributed by atoms with E-state index in [-0.39, 0.29) is 21.3 Å². The van der Waals surface area contributed by atoms with E-state index in [1.165, 1.54) is 11.8 Å². The predicted octanol–water partition coefficient (Wildman–Crippen LogP) is 4.29. The van der Waals surface area contributed by atoms with Gasteiger partial charge in [0.2, 0.25) is 5.13 Å². The Morgan fingerprint density at radius 2 is 1.91 bits per heavy atom. The van der Waals surface area contributed by atoms with Crippen LogP contribution >= 0.6 is 22.9 Å². The molecule has 0 spiro atoms. The number of aryl methyl sites for hydroxylation is 2. The second-order valence-electron chi connectivity index (χ2n) is 6.75. The Labute approximate surface area is 189 Å². The zero-order valence-corrected chi connectivity index (χ0v) is 18.8. The van der Waals surface area contributed by atoms with E-state index in [4.69, 9.17) is 16.3 Å². The van der Waals surface area contributed by atoms with Crippen LogP contribution in [0.1, 0.15) is 55.9 Å². The molecule has 0 saturated heterocycles. The standard InChI is InChI=1S/C19H17ClF3N5O3S/c1-8-14(17(30)31-4)32-18(25-8)28-15(26-10(3)27-28)9(2)24-16(29)11-5-12(19(21,22)23)7-13(20)6-11/h5-7,9H,1-4H3,(H,24,29). The van der Waals surface area contributed by atoms with Crippen LogP contribution in [0.3, 0.4) is 0 Å². The number of rotatable bonds is 5. The number of thiazole rings is 1. The number of halogens is 4. The molecule has 3 aromatic rings. The SMILES string of the molecule is COC(=O)c1sc(-n2nc(C)nc2C(C)NC(=O)c2cc(Cl)cc(C(F)(F)F)c2)nc1C. The summed E-state index contributed by atoms with van der Waals surface area (Å²) in [5, 5.41) is 6.96. The number of methoxy groups -OCH3 is 1. The summed E-state index contributed by atoms with van der Waals surface area (Å²) >= 11 is 6.80. The van der Waals surface area contributed by atoms with Gasteiger partial charge in [-0.3, -0.25) is 4.79 Å². The Hall–Kier alpha value is -2.99. The maximum atomic E-state index is 13.0. The Morgan fingerprint density at radius 1 is 1.22 bits per heavy atom. The van der Waals surface area contributed by atoms with E-state index in [1.54, 1.807) is 20.8 Å². The van der Waals surface area contributed by atoms with Crippen molar-refractivity contribution in [3.63, 3.8) is 0 Å². The van der Waals surface area contributed by atoms with Crippen LogP contribution in [0.4, 0.5) is 13.2 Å². The number of carbonyl (C=O) groups excluding carboxylic acids is 2. The van der Waals surface area contributed by atoms with Gasteiger partial charge in [0.15, 0.2) is 5.82 Å². The summed E-state index contributed by atoms with van der Waals surface area (Å²) in [6.45, 7) is 4.86. The van der Waals surface area contributed by atoms with E-state index in [0.717, 1.165) is 29.5 Å². The van der Waals surface area contributed by atoms with Crippen molar-refractivity contribution in [2.75, 3.05) is 7.11 Å². The van der Waals surface area contributed by atoms with E-state index in [0.29, 0.717) is 16.6 Å². The van der Waals surface area contributed by atoms with Gasteiger partial charge in [0, 0.05) is 10.6 Å². The van der Waals surface area contributed by atoms with Gasteiger partial charge < -0.3 is 10.1 Å². The highest BCUT2D eigenvalue weighted by atomic mass is 35.5. The second kappa shape index (κ2) is 8.87. The van der Waals surface area contributed by atoms with Gasteiger partial charge in [-0.1, -0.05) is 22.9 Å². The van der Waals surface area contributed by atoms with E-state index >= 15 is 0 Å². The molecule has 1 atom stereocenters. The van der Waals surface area contributed by atoms with Crippen LogP contribution in [0.15, 0.2) is 18.2 Å². The van der Waals surface area contributed by atoms with E-state index in [1.807, 2.05) is 0 Å². The van der Waals surface area contributed by atoms with Crippen LogP contribution in [-0.2, 0) is 10.9 Å². The van der Waals surface area contributed by atoms with E-state index in [9.17, 15) is 22.8 Å². The smallest absolute Gasteiger partial charge is 0.416 e. The first-order chi connectivity index (χ1) is 14.9. The molecule has 0 fully saturated rings. The lowest BCUT2D eigenvalue weighted by atomic mass is 10.1. The number of carbonyl (C=O) groups is 2. The lowest BCUT2D eigenvalue weighted by molar-refractivity contribution is -0.137. The lowest BCUT2D eigenvalue weighted by Gasteiger charge is -2.15. The third-order valence-electron chi connectivity index (χ3n) is 4.30. The highest BCUT2D eigenvalue weighted by Crippen LogP contribution is 2.32. The number of aromatic nitrogens is 4. The number of hydrogen-bond acceptors (Lipinski definition) is 7. The summed E-state index contributed by atoms with van der Waals surface area (Å²) in [5.41, 5.74) is -0.848. The van der Waals surface area contributed by atoms with Gasteiger partial charge >= 0.3 is 12.1 Å². The number of benzene rings is 1. The number of amides is 1. The van der Waals surface area contributed by atoms with Gasteiger partial charge in [-0.2, -0.15) is 17.9 Å². The van der Waals surface area contributed by atoms with Gasteiger partial charge in [0.1, 0.15) is 10.7 Å². The first kappa shape index (κ1) is 23.7. The Kier molecular flexibility index (Phi) is 6.56. The third-order valence-corrected chi connectivity index (χ3v) is 5.63. The van der Waals surface area contributed by atoms with Crippen molar-refractivity contribution >= 4 is 34.8 Å². The van der Waals surface area contributed by atoms with Gasteiger partial charge in [-0.15, -0.1) is 5.10 Å². The molecule has 0 aliphatic rings. The molecule has 1 aromatic carbocycles. The summed E-state index contributed by atoms with van der Waals surface area (Å²) in [6, 6.07) is 1.84. The monoisotopic (exact) mass is 487 g/mol. The summed E-state index contributed by atoms with van der Waals surface area (Å²) in [7, 11) is 1.25. The first-order valence-corrected chi connectivity index (χ1v) is 10.3. The largest absolute Gasteiger partial charge is 0.465 e. The molecule has 1 unspecified atom stereocenters. The zero-order chi connectivity index (χ0) is 23.8. The maximum absolute atomic E-state index is 13.0. The maximum Gasteiger partial charge on any atom is 0.416 e. The Balaban J connectivity index is 1.91. The molecule has 3 rings (SSSR count). The minimum atomic E-state index is -4.65. The molecule has 0 radical (unpaired) electrons. The molecule has 0 aliphatic heterocycles. The zero-order valence-electron chi connectivity index (χ0n) is 17.2. The van der Waals surface area contributed by atoms with Crippen molar-refractivity contribution in [1.82, 2.24) is 25.1 Å². The number of esters is 1. The molecule has 2 aromatic heterocycles. The first-order valence-electron chi connectivity index (χ1n) is 9.09. The number of ether oxygens (including phenoxy) is 1. The summed E-state index contributed by atoms with van der Waals surface area (Å²) in [6.07, 6.45) is -4.65. The van der Waals surface area contributed by atoms with Crippen molar-refractivity contribution in [1.29, 1.82) is 0 Å². The molecule has 170 valence electrons. The summed E-state index contributed by atoms with van der Waals surface area (Å²) < 4.78 is 45.2. The third kappa shape index (κ3) is 4.91. The van der Waals surface area contributed by atoms with Gasteiger partial charge in [0.25, 0.3) is 5.91 Å². The quantitative estimate of drug-likeness (QED) is 0.539. The fourth-order valence-corrected chi connectivity index (χ4v) is 4.02. The number of hydrogen-bond donors (Lipinski definition) is 1. The van der Waals surface area contributed by atoms with E-state index < -0.39 is 29.7 Å². The highest BCUT2D eigenvalue weighted by molar-refractivity contribution is 7.16. The van der Waals surface area contributed by atoms with Gasteiger partial charge in [-0.25, -0.2) is 14.8 Å². The number of nitrogens with one attached hydrogen (secondary N) is 1. The summed E-state index contributed by atoms with van der Waals surface area (Å²) in [4.78, 5) is 33.4. The van der Waals surface area contributed by atoms with Crippen LogP contribution in [0, 0.1) is 13.8 Å². The van der Waals surface area contributed by atoms with Crippen LogP contribution in [0.5, 0.6) is 0 Å². The van der Waals surface area contributed by atoms with Crippen molar-refractivity contribution in [3.8, 4) is 5.13 Å². The number of alkyl halides is 3. The molecule has 2 heterocycles. The molecule has 0 bridgehead atoms. The Morgan fingerprint density at radius 3 is 2.53 bits per heavy atom. The van der Waals surface area contributed by atoms with Crippen molar-refractivity contribution in [2.24, 2.45) is 0 Å². The molecule has 32 heavy (non-hydrogen) atoms. The van der Waals surface area contributed by atoms with Crippen molar-refractivity contribution in [3.05, 3.63) is 56.6 Å². The van der Waals surface area contributed by atoms with Crippen molar-refractivity contribution < 1.29 is 27.5 Å². The lowest BCUT2D eigenvalue weighted by Crippen LogP contribution is -2.29. The molecule has 0 saturated carbocycles. The fraction of sp³-hybridized carbons (Fsp3) is 0.316. The second-order valence-corrected chi connectivity index (χ2v) is 8.17. The molecule has 8 nitrogen and oxygen atoms in total. The molecule has 1 amide bonds.